The molecule has 5 rings (SSSR count). The third-order valence-electron chi connectivity index (χ3n) is 6.35. The zero-order valence-corrected chi connectivity index (χ0v) is 16.6. The van der Waals surface area contributed by atoms with Crippen LogP contribution in [0.25, 0.3) is 0 Å². The Morgan fingerprint density at radius 2 is 1.93 bits per heavy atom. The summed E-state index contributed by atoms with van der Waals surface area (Å²) in [5.41, 5.74) is 2.92. The van der Waals surface area contributed by atoms with Gasteiger partial charge in [-0.1, -0.05) is 0 Å². The molecular formula is C21H26N6O. The Balaban J connectivity index is 1.39. The molecule has 0 radical (unpaired) electrons. The molecule has 0 bridgehead atoms. The van der Waals surface area contributed by atoms with E-state index in [1.54, 1.807) is 12.4 Å². The smallest absolute Gasteiger partial charge is 0.257 e. The highest BCUT2D eigenvalue weighted by Gasteiger charge is 2.45. The number of aromatic nitrogens is 4. The van der Waals surface area contributed by atoms with E-state index < -0.39 is 0 Å². The maximum absolute atomic E-state index is 13.1. The van der Waals surface area contributed by atoms with Crippen LogP contribution in [0.3, 0.4) is 0 Å². The van der Waals surface area contributed by atoms with Crippen molar-refractivity contribution in [2.24, 2.45) is 0 Å². The first-order valence-corrected chi connectivity index (χ1v) is 10.2. The van der Waals surface area contributed by atoms with Crippen LogP contribution in [-0.2, 0) is 11.8 Å². The third-order valence-corrected chi connectivity index (χ3v) is 6.35. The van der Waals surface area contributed by atoms with Gasteiger partial charge in [0.2, 0.25) is 5.95 Å². The molecule has 2 aromatic rings. The summed E-state index contributed by atoms with van der Waals surface area (Å²) >= 11 is 0. The second-order valence-corrected chi connectivity index (χ2v) is 8.65. The van der Waals surface area contributed by atoms with Crippen LogP contribution in [0, 0.1) is 0 Å². The van der Waals surface area contributed by atoms with Crippen LogP contribution in [0.1, 0.15) is 65.5 Å². The predicted octanol–water partition coefficient (Wildman–Crippen LogP) is 2.33. The molecule has 1 amide bonds. The first-order valence-electron chi connectivity index (χ1n) is 10.2. The lowest BCUT2D eigenvalue weighted by molar-refractivity contribution is 0.0632. The maximum Gasteiger partial charge on any atom is 0.257 e. The molecule has 7 nitrogen and oxygen atoms in total. The highest BCUT2D eigenvalue weighted by molar-refractivity contribution is 5.93. The van der Waals surface area contributed by atoms with E-state index in [1.807, 2.05) is 30.1 Å². The number of fused-ring (bicyclic) bond motifs is 2. The van der Waals surface area contributed by atoms with Crippen molar-refractivity contribution in [3.05, 3.63) is 41.2 Å². The van der Waals surface area contributed by atoms with Gasteiger partial charge in [-0.15, -0.1) is 0 Å². The monoisotopic (exact) mass is 378 g/mol. The highest BCUT2D eigenvalue weighted by atomic mass is 16.2. The summed E-state index contributed by atoms with van der Waals surface area (Å²) in [6, 6.07) is 0. The molecule has 3 aliphatic rings. The van der Waals surface area contributed by atoms with Gasteiger partial charge in [-0.05, 0) is 44.1 Å². The number of piperidine rings is 1. The van der Waals surface area contributed by atoms with Gasteiger partial charge in [0.15, 0.2) is 0 Å². The molecule has 1 saturated heterocycles. The van der Waals surface area contributed by atoms with Gasteiger partial charge in [-0.3, -0.25) is 4.79 Å². The number of carbonyl (C=O) groups is 1. The number of anilines is 1. The number of hydrogen-bond acceptors (Lipinski definition) is 6. The topological polar surface area (TPSA) is 75.1 Å². The average molecular weight is 378 g/mol. The maximum atomic E-state index is 13.1. The van der Waals surface area contributed by atoms with E-state index >= 15 is 0 Å². The molecule has 1 atom stereocenters. The van der Waals surface area contributed by atoms with E-state index in [0.29, 0.717) is 18.0 Å². The van der Waals surface area contributed by atoms with Crippen LogP contribution >= 0.6 is 0 Å². The summed E-state index contributed by atoms with van der Waals surface area (Å²) in [6.07, 6.45) is 11.8. The minimum Gasteiger partial charge on any atom is -0.347 e. The molecule has 1 saturated carbocycles. The Hall–Kier alpha value is -2.57. The molecule has 3 heterocycles. The lowest BCUT2D eigenvalue weighted by atomic mass is 9.77. The van der Waals surface area contributed by atoms with E-state index in [9.17, 15) is 4.79 Å². The molecule has 1 unspecified atom stereocenters. The zero-order valence-electron chi connectivity index (χ0n) is 16.6. The molecule has 1 spiro atoms. The normalized spacial score (nSPS) is 23.7. The predicted molar refractivity (Wildman–Crippen MR) is 106 cm³/mol. The van der Waals surface area contributed by atoms with Crippen LogP contribution in [0.15, 0.2) is 18.6 Å². The van der Waals surface area contributed by atoms with E-state index in [2.05, 4.69) is 15.0 Å². The largest absolute Gasteiger partial charge is 0.347 e. The van der Waals surface area contributed by atoms with Crippen LogP contribution in [0.4, 0.5) is 5.95 Å². The van der Waals surface area contributed by atoms with Crippen molar-refractivity contribution in [3.63, 3.8) is 0 Å². The third kappa shape index (κ3) is 2.93. The first kappa shape index (κ1) is 17.5. The molecule has 7 heteroatoms. The van der Waals surface area contributed by atoms with Crippen molar-refractivity contribution >= 4 is 11.9 Å². The number of likely N-dealkylation sites (tertiary alicyclic amines) is 1. The van der Waals surface area contributed by atoms with Crippen molar-refractivity contribution in [1.82, 2.24) is 24.8 Å². The fourth-order valence-electron chi connectivity index (χ4n) is 4.63. The van der Waals surface area contributed by atoms with Gasteiger partial charge >= 0.3 is 0 Å². The van der Waals surface area contributed by atoms with Gasteiger partial charge in [0.1, 0.15) is 5.82 Å². The SMILES string of the molecule is CN(C)c1ncc2c(n1)C1(CCCN(C(=O)c3cnc(C4CC4)nc3)C1)CC2. The van der Waals surface area contributed by atoms with Crippen LogP contribution in [-0.4, -0.2) is 57.9 Å². The van der Waals surface area contributed by atoms with Gasteiger partial charge < -0.3 is 9.80 Å². The Bertz CT molecular complexity index is 904. The second-order valence-electron chi connectivity index (χ2n) is 8.65. The number of nitrogens with zero attached hydrogens (tertiary/aromatic N) is 6. The number of aryl methyl sites for hydroxylation is 1. The Morgan fingerprint density at radius 1 is 1.14 bits per heavy atom. The van der Waals surface area contributed by atoms with E-state index in [0.717, 1.165) is 62.5 Å². The summed E-state index contributed by atoms with van der Waals surface area (Å²) in [5, 5.41) is 0. The molecule has 1 aliphatic heterocycles. The van der Waals surface area contributed by atoms with Gasteiger partial charge in [0.05, 0.1) is 11.3 Å². The van der Waals surface area contributed by atoms with Gasteiger partial charge in [0, 0.05) is 57.1 Å². The quantitative estimate of drug-likeness (QED) is 0.816. The van der Waals surface area contributed by atoms with E-state index in [4.69, 9.17) is 4.98 Å². The van der Waals surface area contributed by atoms with Crippen LogP contribution in [0.2, 0.25) is 0 Å². The zero-order chi connectivity index (χ0) is 19.3. The summed E-state index contributed by atoms with van der Waals surface area (Å²) < 4.78 is 0. The summed E-state index contributed by atoms with van der Waals surface area (Å²) in [7, 11) is 3.93. The standard InChI is InChI=1S/C21H26N6O/c1-26(2)20-24-10-15-6-8-21(17(15)25-20)7-3-9-27(13-21)19(28)16-11-22-18(23-12-16)14-4-5-14/h10-12,14H,3-9,13H2,1-2H3. The van der Waals surface area contributed by atoms with Gasteiger partial charge in [-0.25, -0.2) is 19.9 Å². The summed E-state index contributed by atoms with van der Waals surface area (Å²) in [4.78, 5) is 35.3. The molecule has 146 valence electrons. The van der Waals surface area contributed by atoms with Crippen molar-refractivity contribution in [2.75, 3.05) is 32.1 Å². The second kappa shape index (κ2) is 6.50. The minimum atomic E-state index is -0.0498. The van der Waals surface area contributed by atoms with E-state index in [1.165, 1.54) is 5.56 Å². The van der Waals surface area contributed by atoms with Crippen LogP contribution < -0.4 is 4.90 Å². The van der Waals surface area contributed by atoms with Crippen molar-refractivity contribution in [3.8, 4) is 0 Å². The molecular weight excluding hydrogens is 352 g/mol. The molecule has 0 aromatic carbocycles. The fourth-order valence-corrected chi connectivity index (χ4v) is 4.63. The lowest BCUT2D eigenvalue weighted by Crippen LogP contribution is -2.48. The highest BCUT2D eigenvalue weighted by Crippen LogP contribution is 2.44. The number of rotatable bonds is 3. The molecule has 2 aromatic heterocycles. The van der Waals surface area contributed by atoms with Gasteiger partial charge in [0.25, 0.3) is 5.91 Å². The number of hydrogen-bond donors (Lipinski definition) is 0. The van der Waals surface area contributed by atoms with Crippen molar-refractivity contribution < 1.29 is 4.79 Å². The minimum absolute atomic E-state index is 0.0387. The average Bonchev–Trinajstić information content (AvgIpc) is 3.52. The lowest BCUT2D eigenvalue weighted by Gasteiger charge is -2.40. The summed E-state index contributed by atoms with van der Waals surface area (Å²) in [6.45, 7) is 1.50. The van der Waals surface area contributed by atoms with Gasteiger partial charge in [-0.2, -0.15) is 0 Å². The molecule has 28 heavy (non-hydrogen) atoms. The Morgan fingerprint density at radius 3 is 2.64 bits per heavy atom. The molecule has 2 aliphatic carbocycles. The van der Waals surface area contributed by atoms with Crippen LogP contribution in [0.5, 0.6) is 0 Å². The Labute approximate surface area is 165 Å². The van der Waals surface area contributed by atoms with Crippen molar-refractivity contribution in [2.45, 2.75) is 49.9 Å². The van der Waals surface area contributed by atoms with Crippen molar-refractivity contribution in [1.29, 1.82) is 0 Å². The number of amides is 1. The molecule has 0 N–H and O–H groups in total. The molecule has 2 fully saturated rings. The fraction of sp³-hybridized carbons (Fsp3) is 0.571. The first-order chi connectivity index (χ1) is 13.6. The van der Waals surface area contributed by atoms with E-state index in [-0.39, 0.29) is 11.3 Å². The summed E-state index contributed by atoms with van der Waals surface area (Å²) in [5.74, 6) is 2.16. The number of carbonyl (C=O) groups excluding carboxylic acids is 1. The Kier molecular flexibility index (Phi) is 4.07.